The average Bonchev–Trinajstić information content (AvgIpc) is 2.70. The van der Waals surface area contributed by atoms with Crippen molar-refractivity contribution in [2.45, 2.75) is 26.3 Å². The maximum absolute atomic E-state index is 12.1. The number of aromatic nitrogens is 2. The smallest absolute Gasteiger partial charge is 0.406 e. The summed E-state index contributed by atoms with van der Waals surface area (Å²) in [5.41, 5.74) is 1.98. The van der Waals surface area contributed by atoms with E-state index in [0.29, 0.717) is 11.3 Å². The fourth-order valence-corrected chi connectivity index (χ4v) is 1.88. The first-order chi connectivity index (χ1) is 9.28. The molecule has 108 valence electrons. The third-order valence-electron chi connectivity index (χ3n) is 2.81. The number of alkyl halides is 3. The number of aliphatic hydroxyl groups excluding tert-OH is 1. The molecule has 0 aliphatic rings. The molecule has 0 amide bonds. The van der Waals surface area contributed by atoms with Gasteiger partial charge in [0.25, 0.3) is 0 Å². The van der Waals surface area contributed by atoms with Gasteiger partial charge < -0.3 is 9.84 Å². The Morgan fingerprint density at radius 2 is 1.85 bits per heavy atom. The molecule has 0 bridgehead atoms. The van der Waals surface area contributed by atoms with Crippen molar-refractivity contribution in [3.63, 3.8) is 0 Å². The lowest BCUT2D eigenvalue weighted by Gasteiger charge is -2.10. The van der Waals surface area contributed by atoms with Crippen LogP contribution in [0.1, 0.15) is 24.3 Å². The van der Waals surface area contributed by atoms with Gasteiger partial charge in [-0.05, 0) is 38.1 Å². The van der Waals surface area contributed by atoms with Gasteiger partial charge in [-0.15, -0.1) is 13.2 Å². The van der Waals surface area contributed by atoms with Crippen LogP contribution in [0.3, 0.4) is 0 Å². The molecule has 1 aromatic carbocycles. The molecule has 7 heteroatoms. The van der Waals surface area contributed by atoms with E-state index in [0.717, 1.165) is 5.69 Å². The van der Waals surface area contributed by atoms with Crippen molar-refractivity contribution in [1.82, 2.24) is 9.78 Å². The van der Waals surface area contributed by atoms with Crippen LogP contribution in [0, 0.1) is 6.92 Å². The highest BCUT2D eigenvalue weighted by Crippen LogP contribution is 2.25. The van der Waals surface area contributed by atoms with Gasteiger partial charge in [0.15, 0.2) is 0 Å². The number of benzene rings is 1. The van der Waals surface area contributed by atoms with E-state index >= 15 is 0 Å². The molecule has 0 aliphatic carbocycles. The lowest BCUT2D eigenvalue weighted by atomic mass is 10.2. The molecule has 20 heavy (non-hydrogen) atoms. The third kappa shape index (κ3) is 3.11. The van der Waals surface area contributed by atoms with Crippen molar-refractivity contribution < 1.29 is 23.0 Å². The number of hydrogen-bond acceptors (Lipinski definition) is 3. The van der Waals surface area contributed by atoms with E-state index in [4.69, 9.17) is 0 Å². The van der Waals surface area contributed by atoms with Crippen molar-refractivity contribution in [3.05, 3.63) is 41.7 Å². The molecule has 2 aromatic rings. The van der Waals surface area contributed by atoms with Crippen molar-refractivity contribution >= 4 is 0 Å². The maximum Gasteiger partial charge on any atom is 0.573 e. The summed E-state index contributed by atoms with van der Waals surface area (Å²) in [5, 5.41) is 13.6. The van der Waals surface area contributed by atoms with Crippen LogP contribution in [0.4, 0.5) is 13.2 Å². The third-order valence-corrected chi connectivity index (χ3v) is 2.81. The van der Waals surface area contributed by atoms with Gasteiger partial charge in [0.2, 0.25) is 0 Å². The minimum absolute atomic E-state index is 0.290. The Bertz CT molecular complexity index is 589. The van der Waals surface area contributed by atoms with Gasteiger partial charge >= 0.3 is 6.36 Å². The topological polar surface area (TPSA) is 47.3 Å². The molecular formula is C13H13F3N2O2. The number of halogens is 3. The fraction of sp³-hybridized carbons (Fsp3) is 0.308. The standard InChI is InChI=1S/C13H13F3N2O2/c1-8-12(9(2)19)7-17-18(8)10-3-5-11(6-4-10)20-13(14,15)16/h3-7,9,19H,1-2H3. The number of ether oxygens (including phenoxy) is 1. The molecule has 0 aliphatic heterocycles. The Morgan fingerprint density at radius 1 is 1.25 bits per heavy atom. The van der Waals surface area contributed by atoms with E-state index in [1.54, 1.807) is 18.5 Å². The quantitative estimate of drug-likeness (QED) is 0.943. The number of aliphatic hydroxyl groups is 1. The van der Waals surface area contributed by atoms with Crippen LogP contribution in [0.2, 0.25) is 0 Å². The molecular weight excluding hydrogens is 273 g/mol. The van der Waals surface area contributed by atoms with Crippen LogP contribution in [0.5, 0.6) is 5.75 Å². The Morgan fingerprint density at radius 3 is 2.30 bits per heavy atom. The van der Waals surface area contributed by atoms with E-state index in [-0.39, 0.29) is 5.75 Å². The summed E-state index contributed by atoms with van der Waals surface area (Å²) in [6, 6.07) is 5.36. The minimum Gasteiger partial charge on any atom is -0.406 e. The molecule has 1 heterocycles. The van der Waals surface area contributed by atoms with Crippen LogP contribution < -0.4 is 4.74 Å². The van der Waals surface area contributed by atoms with Crippen molar-refractivity contribution in [3.8, 4) is 11.4 Å². The summed E-state index contributed by atoms with van der Waals surface area (Å²) in [6.45, 7) is 3.39. The lowest BCUT2D eigenvalue weighted by Crippen LogP contribution is -2.17. The fourth-order valence-electron chi connectivity index (χ4n) is 1.88. The SMILES string of the molecule is Cc1c(C(C)O)cnn1-c1ccc(OC(F)(F)F)cc1. The van der Waals surface area contributed by atoms with Gasteiger partial charge in [0, 0.05) is 11.3 Å². The molecule has 0 saturated heterocycles. The lowest BCUT2D eigenvalue weighted by molar-refractivity contribution is -0.274. The van der Waals surface area contributed by atoms with Crippen molar-refractivity contribution in [2.24, 2.45) is 0 Å². The van der Waals surface area contributed by atoms with E-state index in [9.17, 15) is 18.3 Å². The molecule has 1 aromatic heterocycles. The Hall–Kier alpha value is -2.02. The number of hydrogen-bond donors (Lipinski definition) is 1. The normalized spacial score (nSPS) is 13.3. The highest BCUT2D eigenvalue weighted by molar-refractivity contribution is 5.39. The number of rotatable bonds is 3. The van der Waals surface area contributed by atoms with Gasteiger partial charge in [-0.25, -0.2) is 4.68 Å². The van der Waals surface area contributed by atoms with Gasteiger partial charge in [-0.1, -0.05) is 0 Å². The summed E-state index contributed by atoms with van der Waals surface area (Å²) >= 11 is 0. The van der Waals surface area contributed by atoms with Crippen molar-refractivity contribution in [2.75, 3.05) is 0 Å². The second kappa shape index (κ2) is 5.16. The van der Waals surface area contributed by atoms with E-state index < -0.39 is 12.5 Å². The molecule has 1 unspecified atom stereocenters. The van der Waals surface area contributed by atoms with Crippen LogP contribution in [0.25, 0.3) is 5.69 Å². The second-order valence-electron chi connectivity index (χ2n) is 4.31. The first-order valence-corrected chi connectivity index (χ1v) is 5.86. The average molecular weight is 286 g/mol. The molecule has 0 saturated carbocycles. The number of nitrogens with zero attached hydrogens (tertiary/aromatic N) is 2. The van der Waals surface area contributed by atoms with Gasteiger partial charge in [0.1, 0.15) is 5.75 Å². The molecule has 1 N–H and O–H groups in total. The molecule has 2 rings (SSSR count). The zero-order valence-corrected chi connectivity index (χ0v) is 10.8. The maximum atomic E-state index is 12.1. The van der Waals surface area contributed by atoms with Gasteiger partial charge in [0.05, 0.1) is 18.0 Å². The summed E-state index contributed by atoms with van der Waals surface area (Å²) in [5.74, 6) is -0.290. The summed E-state index contributed by atoms with van der Waals surface area (Å²) in [7, 11) is 0. The largest absolute Gasteiger partial charge is 0.573 e. The van der Waals surface area contributed by atoms with E-state index in [1.165, 1.54) is 30.5 Å². The summed E-state index contributed by atoms with van der Waals surface area (Å²) in [4.78, 5) is 0. The summed E-state index contributed by atoms with van der Waals surface area (Å²) in [6.07, 6.45) is -3.83. The minimum atomic E-state index is -4.71. The van der Waals surface area contributed by atoms with E-state index in [2.05, 4.69) is 9.84 Å². The predicted octanol–water partition coefficient (Wildman–Crippen LogP) is 3.13. The first kappa shape index (κ1) is 14.4. The highest BCUT2D eigenvalue weighted by atomic mass is 19.4. The van der Waals surface area contributed by atoms with Crippen LogP contribution in [-0.2, 0) is 0 Å². The van der Waals surface area contributed by atoms with Crippen LogP contribution >= 0.6 is 0 Å². The predicted molar refractivity (Wildman–Crippen MR) is 65.6 cm³/mol. The monoisotopic (exact) mass is 286 g/mol. The second-order valence-corrected chi connectivity index (χ2v) is 4.31. The highest BCUT2D eigenvalue weighted by Gasteiger charge is 2.31. The Balaban J connectivity index is 2.26. The first-order valence-electron chi connectivity index (χ1n) is 5.86. The molecule has 0 fully saturated rings. The van der Waals surface area contributed by atoms with Gasteiger partial charge in [-0.2, -0.15) is 5.10 Å². The zero-order valence-electron chi connectivity index (χ0n) is 10.8. The van der Waals surface area contributed by atoms with Crippen LogP contribution in [0.15, 0.2) is 30.5 Å². The summed E-state index contributed by atoms with van der Waals surface area (Å²) < 4.78 is 41.5. The van der Waals surface area contributed by atoms with Crippen molar-refractivity contribution in [1.29, 1.82) is 0 Å². The van der Waals surface area contributed by atoms with E-state index in [1.807, 2.05) is 0 Å². The molecule has 1 atom stereocenters. The van der Waals surface area contributed by atoms with Crippen LogP contribution in [-0.4, -0.2) is 21.2 Å². The zero-order chi connectivity index (χ0) is 14.9. The van der Waals surface area contributed by atoms with Gasteiger partial charge in [-0.3, -0.25) is 0 Å². The molecule has 0 radical (unpaired) electrons. The Labute approximate surface area is 113 Å². The Kier molecular flexibility index (Phi) is 3.71. The molecule has 4 nitrogen and oxygen atoms in total. The molecule has 0 spiro atoms.